The van der Waals surface area contributed by atoms with Crippen LogP contribution in [0.1, 0.15) is 31.4 Å². The Balaban J connectivity index is 1.61. The maximum atomic E-state index is 12.0. The van der Waals surface area contributed by atoms with Crippen molar-refractivity contribution in [3.63, 3.8) is 0 Å². The molecule has 2 aromatic rings. The van der Waals surface area contributed by atoms with Crippen LogP contribution < -0.4 is 5.32 Å². The van der Waals surface area contributed by atoms with Crippen molar-refractivity contribution >= 4 is 16.9 Å². The van der Waals surface area contributed by atoms with E-state index in [0.717, 1.165) is 29.6 Å². The predicted octanol–water partition coefficient (Wildman–Crippen LogP) is 1.38. The van der Waals surface area contributed by atoms with Gasteiger partial charge in [0.2, 0.25) is 5.91 Å². The second-order valence-corrected chi connectivity index (χ2v) is 5.58. The molecule has 6 heteroatoms. The highest BCUT2D eigenvalue weighted by atomic mass is 16.1. The molecule has 0 atom stereocenters. The average Bonchev–Trinajstić information content (AvgIpc) is 3.11. The van der Waals surface area contributed by atoms with E-state index in [4.69, 9.17) is 0 Å². The minimum atomic E-state index is 0.203. The van der Waals surface area contributed by atoms with E-state index in [1.165, 1.54) is 12.8 Å². The maximum absolute atomic E-state index is 12.0. The van der Waals surface area contributed by atoms with E-state index in [9.17, 15) is 4.79 Å². The van der Waals surface area contributed by atoms with Crippen LogP contribution in [0.25, 0.3) is 11.0 Å². The second-order valence-electron chi connectivity index (χ2n) is 5.58. The zero-order chi connectivity index (χ0) is 14.1. The molecule has 1 amide bonds. The maximum Gasteiger partial charge on any atom is 0.223 e. The molecule has 0 unspecified atom stereocenters. The summed E-state index contributed by atoms with van der Waals surface area (Å²) in [4.78, 5) is 12.0. The largest absolute Gasteiger partial charge is 0.354 e. The van der Waals surface area contributed by atoms with Crippen molar-refractivity contribution in [3.05, 3.63) is 11.9 Å². The Kier molecular flexibility index (Phi) is 3.46. The molecule has 0 aromatic carbocycles. The number of nitrogens with one attached hydrogen (secondary N) is 1. The van der Waals surface area contributed by atoms with Crippen LogP contribution in [0.4, 0.5) is 0 Å². The Morgan fingerprint density at radius 1 is 1.45 bits per heavy atom. The molecule has 108 valence electrons. The SMILES string of the molecule is Cc1nn(C)c2cnn(CCNC(=O)C3CCCC3)c12. The molecule has 1 N–H and O–H groups in total. The summed E-state index contributed by atoms with van der Waals surface area (Å²) >= 11 is 0. The van der Waals surface area contributed by atoms with Gasteiger partial charge in [-0.15, -0.1) is 0 Å². The Morgan fingerprint density at radius 3 is 2.95 bits per heavy atom. The highest BCUT2D eigenvalue weighted by Crippen LogP contribution is 2.24. The van der Waals surface area contributed by atoms with E-state index >= 15 is 0 Å². The number of nitrogens with zero attached hydrogens (tertiary/aromatic N) is 4. The Morgan fingerprint density at radius 2 is 2.20 bits per heavy atom. The third-order valence-electron chi connectivity index (χ3n) is 4.16. The number of aromatic nitrogens is 4. The summed E-state index contributed by atoms with van der Waals surface area (Å²) in [5.74, 6) is 0.432. The summed E-state index contributed by atoms with van der Waals surface area (Å²) in [6.45, 7) is 3.30. The average molecular weight is 275 g/mol. The van der Waals surface area contributed by atoms with Crippen LogP contribution in [0.5, 0.6) is 0 Å². The molecule has 0 radical (unpaired) electrons. The summed E-state index contributed by atoms with van der Waals surface area (Å²) in [6, 6.07) is 0. The first-order valence-corrected chi connectivity index (χ1v) is 7.29. The Hall–Kier alpha value is -1.85. The van der Waals surface area contributed by atoms with E-state index in [-0.39, 0.29) is 11.8 Å². The summed E-state index contributed by atoms with van der Waals surface area (Å²) in [5, 5.41) is 11.8. The molecule has 1 fully saturated rings. The van der Waals surface area contributed by atoms with E-state index in [0.29, 0.717) is 13.1 Å². The zero-order valence-corrected chi connectivity index (χ0v) is 12.1. The van der Waals surface area contributed by atoms with Gasteiger partial charge < -0.3 is 5.32 Å². The van der Waals surface area contributed by atoms with Gasteiger partial charge in [0.25, 0.3) is 0 Å². The van der Waals surface area contributed by atoms with E-state index < -0.39 is 0 Å². The smallest absolute Gasteiger partial charge is 0.223 e. The summed E-state index contributed by atoms with van der Waals surface area (Å²) in [6.07, 6.45) is 6.28. The lowest BCUT2D eigenvalue weighted by molar-refractivity contribution is -0.124. The van der Waals surface area contributed by atoms with Crippen LogP contribution in [0.2, 0.25) is 0 Å². The fraction of sp³-hybridized carbons (Fsp3) is 0.643. The second kappa shape index (κ2) is 5.26. The van der Waals surface area contributed by atoms with Crippen LogP contribution >= 0.6 is 0 Å². The van der Waals surface area contributed by atoms with Crippen LogP contribution in [-0.2, 0) is 18.4 Å². The summed E-state index contributed by atoms with van der Waals surface area (Å²) in [7, 11) is 1.92. The molecule has 2 aromatic heterocycles. The first-order valence-electron chi connectivity index (χ1n) is 7.29. The van der Waals surface area contributed by atoms with Crippen molar-refractivity contribution in [2.45, 2.75) is 39.2 Å². The molecular weight excluding hydrogens is 254 g/mol. The van der Waals surface area contributed by atoms with Gasteiger partial charge in [-0.3, -0.25) is 14.2 Å². The first kappa shape index (κ1) is 13.1. The number of carbonyl (C=O) groups excluding carboxylic acids is 1. The molecule has 0 spiro atoms. The minimum Gasteiger partial charge on any atom is -0.354 e. The number of hydrogen-bond acceptors (Lipinski definition) is 3. The van der Waals surface area contributed by atoms with Gasteiger partial charge in [-0.2, -0.15) is 10.2 Å². The monoisotopic (exact) mass is 275 g/mol. The quantitative estimate of drug-likeness (QED) is 0.917. The standard InChI is InChI=1S/C14H21N5O/c1-10-13-12(18(2)17-10)9-16-19(13)8-7-15-14(20)11-5-3-4-6-11/h9,11H,3-8H2,1-2H3,(H,15,20). The van der Waals surface area contributed by atoms with Gasteiger partial charge in [-0.25, -0.2) is 0 Å². The fourth-order valence-electron chi connectivity index (χ4n) is 3.10. The highest BCUT2D eigenvalue weighted by molar-refractivity contribution is 5.79. The Bertz CT molecular complexity index is 621. The van der Waals surface area contributed by atoms with Gasteiger partial charge in [0.15, 0.2) is 0 Å². The van der Waals surface area contributed by atoms with Crippen molar-refractivity contribution in [2.24, 2.45) is 13.0 Å². The molecule has 1 aliphatic carbocycles. The molecule has 1 aliphatic rings. The van der Waals surface area contributed by atoms with E-state index in [1.807, 2.05) is 29.5 Å². The van der Waals surface area contributed by atoms with Gasteiger partial charge in [0.05, 0.1) is 18.4 Å². The van der Waals surface area contributed by atoms with Crippen LogP contribution in [0.3, 0.4) is 0 Å². The van der Waals surface area contributed by atoms with Crippen LogP contribution in [0.15, 0.2) is 6.20 Å². The number of amides is 1. The number of fused-ring (bicyclic) bond motifs is 1. The van der Waals surface area contributed by atoms with Crippen molar-refractivity contribution in [3.8, 4) is 0 Å². The lowest BCUT2D eigenvalue weighted by atomic mass is 10.1. The van der Waals surface area contributed by atoms with E-state index in [2.05, 4.69) is 15.5 Å². The van der Waals surface area contributed by atoms with E-state index in [1.54, 1.807) is 0 Å². The molecule has 20 heavy (non-hydrogen) atoms. The third kappa shape index (κ3) is 2.30. The van der Waals surface area contributed by atoms with Gasteiger partial charge in [-0.1, -0.05) is 12.8 Å². The topological polar surface area (TPSA) is 64.7 Å². The van der Waals surface area contributed by atoms with Crippen molar-refractivity contribution in [1.29, 1.82) is 0 Å². The molecule has 1 saturated carbocycles. The summed E-state index contributed by atoms with van der Waals surface area (Å²) < 4.78 is 3.76. The fourth-order valence-corrected chi connectivity index (χ4v) is 3.10. The number of aryl methyl sites for hydroxylation is 2. The lowest BCUT2D eigenvalue weighted by Gasteiger charge is -2.10. The van der Waals surface area contributed by atoms with Gasteiger partial charge in [0, 0.05) is 19.5 Å². The number of hydrogen-bond donors (Lipinski definition) is 1. The molecule has 0 bridgehead atoms. The third-order valence-corrected chi connectivity index (χ3v) is 4.16. The molecule has 6 nitrogen and oxygen atoms in total. The Labute approximate surface area is 118 Å². The van der Waals surface area contributed by atoms with Gasteiger partial charge >= 0.3 is 0 Å². The minimum absolute atomic E-state index is 0.203. The molecule has 3 rings (SSSR count). The summed E-state index contributed by atoms with van der Waals surface area (Å²) in [5.41, 5.74) is 3.06. The first-order chi connectivity index (χ1) is 9.66. The zero-order valence-electron chi connectivity index (χ0n) is 12.1. The van der Waals surface area contributed by atoms with Gasteiger partial charge in [-0.05, 0) is 19.8 Å². The van der Waals surface area contributed by atoms with Crippen molar-refractivity contribution in [2.75, 3.05) is 6.54 Å². The van der Waals surface area contributed by atoms with Crippen molar-refractivity contribution < 1.29 is 4.79 Å². The van der Waals surface area contributed by atoms with Crippen LogP contribution in [0, 0.1) is 12.8 Å². The van der Waals surface area contributed by atoms with Crippen molar-refractivity contribution in [1.82, 2.24) is 24.9 Å². The molecule has 0 saturated heterocycles. The van der Waals surface area contributed by atoms with Crippen LogP contribution in [-0.4, -0.2) is 32.0 Å². The molecule has 2 heterocycles. The normalized spacial score (nSPS) is 16.1. The van der Waals surface area contributed by atoms with Gasteiger partial charge in [0.1, 0.15) is 11.0 Å². The lowest BCUT2D eigenvalue weighted by Crippen LogP contribution is -2.32. The molecular formula is C14H21N5O. The number of carbonyl (C=O) groups is 1. The molecule has 0 aliphatic heterocycles. The highest BCUT2D eigenvalue weighted by Gasteiger charge is 2.22. The number of rotatable bonds is 4. The predicted molar refractivity (Wildman–Crippen MR) is 76.2 cm³/mol.